The van der Waals surface area contributed by atoms with Crippen molar-refractivity contribution >= 4 is 18.3 Å². The fourth-order valence-corrected chi connectivity index (χ4v) is 1.68. The Balaban J connectivity index is 2.20. The molecule has 0 amide bonds. The molecule has 17 heavy (non-hydrogen) atoms. The van der Waals surface area contributed by atoms with Crippen molar-refractivity contribution in [3.63, 3.8) is 0 Å². The van der Waals surface area contributed by atoms with Crippen LogP contribution in [0, 0.1) is 0 Å². The van der Waals surface area contributed by atoms with Crippen LogP contribution in [-0.4, -0.2) is 18.3 Å². The molecule has 0 radical (unpaired) electrons. The summed E-state index contributed by atoms with van der Waals surface area (Å²) in [4.78, 5) is 0. The van der Waals surface area contributed by atoms with Crippen LogP contribution < -0.4 is 11.0 Å². The molecule has 0 aliphatic carbocycles. The molecule has 5 heteroatoms. The maximum absolute atomic E-state index is 12.2. The summed E-state index contributed by atoms with van der Waals surface area (Å²) in [5.41, 5.74) is 2.20. The molecule has 0 saturated carbocycles. The van der Waals surface area contributed by atoms with Crippen LogP contribution in [0.2, 0.25) is 0 Å². The average molecular weight is 237 g/mol. The van der Waals surface area contributed by atoms with Gasteiger partial charge in [0, 0.05) is 0 Å². The molecule has 1 N–H and O–H groups in total. The summed E-state index contributed by atoms with van der Waals surface area (Å²) in [5.74, 6) is 0. The number of benzene rings is 1. The van der Waals surface area contributed by atoms with Crippen molar-refractivity contribution in [2.75, 3.05) is 5.54 Å². The highest BCUT2D eigenvalue weighted by Gasteiger charge is 2.51. The summed E-state index contributed by atoms with van der Waals surface area (Å²) in [6.07, 6.45) is 0. The van der Waals surface area contributed by atoms with Gasteiger partial charge in [0.25, 0.3) is 0 Å². The summed E-state index contributed by atoms with van der Waals surface area (Å²) in [6.45, 7) is 8.02. The second kappa shape index (κ2) is 4.00. The third-order valence-corrected chi connectivity index (χ3v) is 3.55. The molecule has 1 aliphatic rings. The fraction of sp³-hybridized carbons (Fsp3) is 0.500. The van der Waals surface area contributed by atoms with Gasteiger partial charge in [0.05, 0.1) is 16.9 Å². The number of anilines is 1. The Morgan fingerprint density at radius 2 is 1.47 bits per heavy atom. The minimum absolute atomic E-state index is 0.353. The van der Waals surface area contributed by atoms with E-state index in [9.17, 15) is 4.48 Å². The summed E-state index contributed by atoms with van der Waals surface area (Å²) >= 11 is 0. The summed E-state index contributed by atoms with van der Waals surface area (Å²) in [5, 5.41) is 0. The summed E-state index contributed by atoms with van der Waals surface area (Å²) < 4.78 is 23.9. The number of hydrogen-bond donors (Lipinski definition) is 1. The topological polar surface area (TPSA) is 30.5 Å². The Bertz CT molecular complexity index is 389. The van der Waals surface area contributed by atoms with Crippen LogP contribution in [0.3, 0.4) is 0 Å². The predicted molar refractivity (Wildman–Crippen MR) is 66.9 cm³/mol. The van der Waals surface area contributed by atoms with E-state index in [0.717, 1.165) is 5.46 Å². The lowest BCUT2D eigenvalue weighted by atomic mass is 9.79. The molecule has 0 spiro atoms. The minimum atomic E-state index is -0.395. The molecular weight excluding hydrogens is 220 g/mol. The van der Waals surface area contributed by atoms with E-state index in [1.54, 1.807) is 29.8 Å². The summed E-state index contributed by atoms with van der Waals surface area (Å²) in [6, 6.07) is 6.90. The molecule has 2 rings (SSSR count). The second-order valence-corrected chi connectivity index (χ2v) is 5.30. The molecular formula is C12H17BFNO2. The van der Waals surface area contributed by atoms with Gasteiger partial charge in [0.2, 0.25) is 0 Å². The van der Waals surface area contributed by atoms with E-state index < -0.39 is 7.12 Å². The number of nitrogens with one attached hydrogen (secondary N) is 1. The first-order valence-corrected chi connectivity index (χ1v) is 5.68. The Labute approximate surface area is 101 Å². The lowest BCUT2D eigenvalue weighted by molar-refractivity contribution is 0.00578. The van der Waals surface area contributed by atoms with E-state index >= 15 is 0 Å². The third-order valence-electron chi connectivity index (χ3n) is 3.55. The van der Waals surface area contributed by atoms with Gasteiger partial charge in [-0.15, -0.1) is 4.48 Å². The minimum Gasteiger partial charge on any atom is -0.399 e. The van der Waals surface area contributed by atoms with E-state index in [-0.39, 0.29) is 11.2 Å². The molecule has 92 valence electrons. The molecule has 1 fully saturated rings. The molecule has 3 nitrogen and oxygen atoms in total. The van der Waals surface area contributed by atoms with Gasteiger partial charge in [-0.2, -0.15) is 0 Å². The first-order valence-electron chi connectivity index (χ1n) is 5.68. The number of hydrogen-bond acceptors (Lipinski definition) is 3. The van der Waals surface area contributed by atoms with Crippen LogP contribution in [0.1, 0.15) is 27.7 Å². The Morgan fingerprint density at radius 3 is 1.88 bits per heavy atom. The maximum atomic E-state index is 12.2. The monoisotopic (exact) mass is 237 g/mol. The van der Waals surface area contributed by atoms with Crippen molar-refractivity contribution in [3.8, 4) is 0 Å². The zero-order valence-electron chi connectivity index (χ0n) is 10.6. The van der Waals surface area contributed by atoms with Crippen molar-refractivity contribution in [2.45, 2.75) is 38.9 Å². The molecule has 0 atom stereocenters. The van der Waals surface area contributed by atoms with Crippen molar-refractivity contribution < 1.29 is 13.8 Å². The van der Waals surface area contributed by atoms with Gasteiger partial charge in [0.1, 0.15) is 0 Å². The van der Waals surface area contributed by atoms with E-state index in [2.05, 4.69) is 0 Å². The Morgan fingerprint density at radius 1 is 1.00 bits per heavy atom. The Hall–Kier alpha value is -1.07. The predicted octanol–water partition coefficient (Wildman–Crippen LogP) is 2.28. The van der Waals surface area contributed by atoms with Crippen LogP contribution in [0.4, 0.5) is 10.2 Å². The largest absolute Gasteiger partial charge is 0.494 e. The van der Waals surface area contributed by atoms with Gasteiger partial charge >= 0.3 is 7.12 Å². The molecule has 1 aliphatic heterocycles. The van der Waals surface area contributed by atoms with Crippen LogP contribution in [0.15, 0.2) is 24.3 Å². The quantitative estimate of drug-likeness (QED) is 0.632. The normalized spacial score (nSPS) is 21.6. The van der Waals surface area contributed by atoms with E-state index in [1.807, 2.05) is 27.7 Å². The van der Waals surface area contributed by atoms with Gasteiger partial charge < -0.3 is 9.31 Å². The summed E-state index contributed by atoms with van der Waals surface area (Å²) in [7, 11) is -0.395. The smallest absolute Gasteiger partial charge is 0.399 e. The lowest BCUT2D eigenvalue weighted by Gasteiger charge is -2.32. The zero-order valence-corrected chi connectivity index (χ0v) is 10.6. The van der Waals surface area contributed by atoms with Gasteiger partial charge in [-0.1, -0.05) is 12.1 Å². The highest BCUT2D eigenvalue weighted by molar-refractivity contribution is 6.62. The molecule has 0 aromatic heterocycles. The van der Waals surface area contributed by atoms with E-state index in [0.29, 0.717) is 5.69 Å². The molecule has 1 aromatic rings. The number of halogens is 1. The van der Waals surface area contributed by atoms with E-state index in [1.165, 1.54) is 0 Å². The first-order chi connectivity index (χ1) is 7.86. The number of rotatable bonds is 2. The molecule has 1 aromatic carbocycles. The van der Waals surface area contributed by atoms with Crippen molar-refractivity contribution in [3.05, 3.63) is 24.3 Å². The Kier molecular flexibility index (Phi) is 2.91. The SMILES string of the molecule is CC1(C)OB(c2ccc(NF)cc2)OC1(C)C. The molecule has 0 unspecified atom stereocenters. The highest BCUT2D eigenvalue weighted by Crippen LogP contribution is 2.36. The third kappa shape index (κ3) is 2.17. The van der Waals surface area contributed by atoms with Crippen LogP contribution in [0.5, 0.6) is 0 Å². The van der Waals surface area contributed by atoms with Crippen molar-refractivity contribution in [1.29, 1.82) is 0 Å². The van der Waals surface area contributed by atoms with Crippen LogP contribution >= 0.6 is 0 Å². The van der Waals surface area contributed by atoms with Gasteiger partial charge in [-0.05, 0) is 45.3 Å². The zero-order chi connectivity index (χ0) is 12.7. The first kappa shape index (κ1) is 12.4. The van der Waals surface area contributed by atoms with Gasteiger partial charge in [-0.25, -0.2) is 5.54 Å². The fourth-order valence-electron chi connectivity index (χ4n) is 1.68. The second-order valence-electron chi connectivity index (χ2n) is 5.30. The van der Waals surface area contributed by atoms with Crippen molar-refractivity contribution in [2.24, 2.45) is 0 Å². The van der Waals surface area contributed by atoms with Gasteiger partial charge in [0.15, 0.2) is 0 Å². The lowest BCUT2D eigenvalue weighted by Crippen LogP contribution is -2.41. The van der Waals surface area contributed by atoms with E-state index in [4.69, 9.17) is 9.31 Å². The standard InChI is InChI=1S/C12H17BFNO2/c1-11(2)12(3,4)17-13(16-11)9-5-7-10(15-14)8-6-9/h5-8,15H,1-4H3. The molecule has 0 bridgehead atoms. The average Bonchev–Trinajstić information content (AvgIpc) is 2.48. The van der Waals surface area contributed by atoms with Crippen LogP contribution in [0.25, 0.3) is 0 Å². The maximum Gasteiger partial charge on any atom is 0.494 e. The molecule has 1 saturated heterocycles. The molecule has 1 heterocycles. The van der Waals surface area contributed by atoms with Crippen LogP contribution in [-0.2, 0) is 9.31 Å². The van der Waals surface area contributed by atoms with Crippen molar-refractivity contribution in [1.82, 2.24) is 0 Å². The highest BCUT2D eigenvalue weighted by atomic mass is 19.2. The van der Waals surface area contributed by atoms with Gasteiger partial charge in [-0.3, -0.25) is 0 Å².